The summed E-state index contributed by atoms with van der Waals surface area (Å²) in [5.74, 6) is 1.87. The van der Waals surface area contributed by atoms with Gasteiger partial charge in [-0.25, -0.2) is 0 Å². The number of fused-ring (bicyclic) bond motifs is 1. The van der Waals surface area contributed by atoms with Gasteiger partial charge in [0.25, 0.3) is 5.91 Å². The van der Waals surface area contributed by atoms with E-state index < -0.39 is 0 Å². The maximum Gasteiger partial charge on any atom is 0.270 e. The minimum Gasteiger partial charge on any atom is -0.496 e. The number of benzene rings is 1. The first kappa shape index (κ1) is 21.0. The summed E-state index contributed by atoms with van der Waals surface area (Å²) in [6.07, 6.45) is 8.64. The van der Waals surface area contributed by atoms with Gasteiger partial charge in [-0.15, -0.1) is 0 Å². The van der Waals surface area contributed by atoms with Crippen molar-refractivity contribution in [2.45, 2.75) is 51.5 Å². The summed E-state index contributed by atoms with van der Waals surface area (Å²) in [6.45, 7) is 6.33. The molecule has 1 unspecified atom stereocenters. The van der Waals surface area contributed by atoms with Crippen LogP contribution in [-0.4, -0.2) is 60.0 Å². The molecule has 162 valence electrons. The van der Waals surface area contributed by atoms with E-state index in [1.54, 1.807) is 7.11 Å². The molecule has 0 radical (unpaired) electrons. The summed E-state index contributed by atoms with van der Waals surface area (Å²) in [7, 11) is 1.78. The van der Waals surface area contributed by atoms with Crippen molar-refractivity contribution < 1.29 is 9.53 Å². The first-order valence-corrected chi connectivity index (χ1v) is 11.5. The first-order valence-electron chi connectivity index (χ1n) is 11.5. The zero-order chi connectivity index (χ0) is 20.9. The molecule has 0 saturated carbocycles. The first-order chi connectivity index (χ1) is 14.7. The smallest absolute Gasteiger partial charge is 0.270 e. The zero-order valence-electron chi connectivity index (χ0n) is 18.4. The molecular formula is C25H35N3O2. The van der Waals surface area contributed by atoms with Crippen LogP contribution in [0.15, 0.2) is 36.5 Å². The molecule has 5 nitrogen and oxygen atoms in total. The minimum atomic E-state index is 0.140. The molecule has 1 aromatic heterocycles. The van der Waals surface area contributed by atoms with Gasteiger partial charge in [0.05, 0.1) is 7.11 Å². The minimum absolute atomic E-state index is 0.140. The third-order valence-electron chi connectivity index (χ3n) is 6.88. The van der Waals surface area contributed by atoms with Crippen LogP contribution in [0.2, 0.25) is 0 Å². The molecule has 30 heavy (non-hydrogen) atoms. The fraction of sp³-hybridized carbons (Fsp3) is 0.560. The standard InChI is InChI=1S/C25H35N3O2/c1-3-14-28(21-9-10-22-20(17-21)6-4-8-24(22)30-2)18-19-11-15-27(16-12-19)25(29)23-7-5-13-26-23/h4-8,13,19,21,26H,3,9-12,14-18H2,1-2H3. The number of carbonyl (C=O) groups is 1. The van der Waals surface area contributed by atoms with Crippen LogP contribution < -0.4 is 4.74 Å². The van der Waals surface area contributed by atoms with Crippen molar-refractivity contribution in [3.63, 3.8) is 0 Å². The lowest BCUT2D eigenvalue weighted by molar-refractivity contribution is 0.0637. The van der Waals surface area contributed by atoms with Crippen molar-refractivity contribution >= 4 is 5.91 Å². The van der Waals surface area contributed by atoms with E-state index in [0.29, 0.717) is 17.7 Å². The number of likely N-dealkylation sites (tertiary alicyclic amines) is 1. The maximum absolute atomic E-state index is 12.6. The number of rotatable bonds is 7. The number of hydrogen-bond donors (Lipinski definition) is 1. The lowest BCUT2D eigenvalue weighted by Crippen LogP contribution is -2.46. The number of amides is 1. The van der Waals surface area contributed by atoms with Crippen LogP contribution >= 0.6 is 0 Å². The Hall–Kier alpha value is -2.27. The van der Waals surface area contributed by atoms with Gasteiger partial charge < -0.3 is 14.6 Å². The number of H-pyrrole nitrogens is 1. The lowest BCUT2D eigenvalue weighted by atomic mass is 9.86. The third-order valence-corrected chi connectivity index (χ3v) is 6.88. The number of nitrogens with one attached hydrogen (secondary N) is 1. The fourth-order valence-electron chi connectivity index (χ4n) is 5.25. The molecule has 2 aliphatic rings. The molecule has 1 aliphatic heterocycles. The maximum atomic E-state index is 12.6. The van der Waals surface area contributed by atoms with Crippen LogP contribution in [0, 0.1) is 5.92 Å². The van der Waals surface area contributed by atoms with Gasteiger partial charge in [0.1, 0.15) is 11.4 Å². The van der Waals surface area contributed by atoms with Crippen LogP contribution in [0.1, 0.15) is 54.2 Å². The van der Waals surface area contributed by atoms with Crippen molar-refractivity contribution in [3.8, 4) is 5.75 Å². The SMILES string of the molecule is CCCN(CC1CCN(C(=O)c2ccc[nH]2)CC1)C1CCc2c(cccc2OC)C1. The van der Waals surface area contributed by atoms with Crippen LogP contribution in [0.5, 0.6) is 5.75 Å². The van der Waals surface area contributed by atoms with Gasteiger partial charge in [-0.1, -0.05) is 19.1 Å². The highest BCUT2D eigenvalue weighted by atomic mass is 16.5. The van der Waals surface area contributed by atoms with Gasteiger partial charge in [0, 0.05) is 31.9 Å². The highest BCUT2D eigenvalue weighted by Crippen LogP contribution is 2.32. The van der Waals surface area contributed by atoms with Gasteiger partial charge in [-0.3, -0.25) is 9.69 Å². The Morgan fingerprint density at radius 2 is 2.03 bits per heavy atom. The van der Waals surface area contributed by atoms with E-state index in [4.69, 9.17) is 4.74 Å². The van der Waals surface area contributed by atoms with E-state index in [1.165, 1.54) is 24.0 Å². The van der Waals surface area contributed by atoms with Crippen LogP contribution in [0.4, 0.5) is 0 Å². The van der Waals surface area contributed by atoms with Crippen LogP contribution in [0.25, 0.3) is 0 Å². The summed E-state index contributed by atoms with van der Waals surface area (Å²) in [4.78, 5) is 20.4. The number of piperidine rings is 1. The number of nitrogens with zero attached hydrogens (tertiary/aromatic N) is 2. The summed E-state index contributed by atoms with van der Waals surface area (Å²) < 4.78 is 5.59. The molecule has 0 bridgehead atoms. The third kappa shape index (κ3) is 4.56. The van der Waals surface area contributed by atoms with Gasteiger partial charge >= 0.3 is 0 Å². The Morgan fingerprint density at radius 3 is 2.73 bits per heavy atom. The van der Waals surface area contributed by atoms with E-state index in [9.17, 15) is 4.79 Å². The molecule has 1 amide bonds. The quantitative estimate of drug-likeness (QED) is 0.748. The summed E-state index contributed by atoms with van der Waals surface area (Å²) in [5.41, 5.74) is 3.57. The van der Waals surface area contributed by atoms with Crippen molar-refractivity contribution in [1.29, 1.82) is 0 Å². The predicted octanol–water partition coefficient (Wildman–Crippen LogP) is 4.15. The number of methoxy groups -OCH3 is 1. The second-order valence-corrected chi connectivity index (χ2v) is 8.81. The van der Waals surface area contributed by atoms with Crippen LogP contribution in [-0.2, 0) is 12.8 Å². The topological polar surface area (TPSA) is 48.6 Å². The fourth-order valence-corrected chi connectivity index (χ4v) is 5.25. The molecule has 1 atom stereocenters. The molecule has 5 heteroatoms. The number of aromatic nitrogens is 1. The Balaban J connectivity index is 1.35. The highest BCUT2D eigenvalue weighted by molar-refractivity contribution is 5.92. The molecular weight excluding hydrogens is 374 g/mol. The highest BCUT2D eigenvalue weighted by Gasteiger charge is 2.29. The Kier molecular flexibility index (Phi) is 6.78. The summed E-state index contributed by atoms with van der Waals surface area (Å²) >= 11 is 0. The van der Waals surface area contributed by atoms with E-state index in [0.717, 1.165) is 57.6 Å². The number of aromatic amines is 1. The molecule has 4 rings (SSSR count). The number of hydrogen-bond acceptors (Lipinski definition) is 3. The normalized spacial score (nSPS) is 19.7. The van der Waals surface area contributed by atoms with Gasteiger partial charge in [0.15, 0.2) is 0 Å². The lowest BCUT2D eigenvalue weighted by Gasteiger charge is -2.40. The Morgan fingerprint density at radius 1 is 1.20 bits per heavy atom. The van der Waals surface area contributed by atoms with E-state index in [-0.39, 0.29) is 5.91 Å². The monoisotopic (exact) mass is 409 g/mol. The average Bonchev–Trinajstić information content (AvgIpc) is 3.33. The second kappa shape index (κ2) is 9.69. The van der Waals surface area contributed by atoms with Crippen molar-refractivity contribution in [1.82, 2.24) is 14.8 Å². The van der Waals surface area contributed by atoms with Crippen LogP contribution in [0.3, 0.4) is 0 Å². The molecule has 1 saturated heterocycles. The molecule has 2 heterocycles. The van der Waals surface area contributed by atoms with Crippen molar-refractivity contribution in [2.75, 3.05) is 33.3 Å². The summed E-state index contributed by atoms with van der Waals surface area (Å²) in [5, 5.41) is 0. The van der Waals surface area contributed by atoms with E-state index in [1.807, 2.05) is 23.2 Å². The number of carbonyl (C=O) groups excluding carboxylic acids is 1. The van der Waals surface area contributed by atoms with Crippen molar-refractivity contribution in [3.05, 3.63) is 53.3 Å². The van der Waals surface area contributed by atoms with Gasteiger partial charge in [0.2, 0.25) is 0 Å². The van der Waals surface area contributed by atoms with E-state index in [2.05, 4.69) is 35.0 Å². The van der Waals surface area contributed by atoms with Gasteiger partial charge in [-0.2, -0.15) is 0 Å². The Bertz CT molecular complexity index is 825. The van der Waals surface area contributed by atoms with Crippen molar-refractivity contribution in [2.24, 2.45) is 5.92 Å². The van der Waals surface area contributed by atoms with Gasteiger partial charge in [-0.05, 0) is 80.3 Å². The molecule has 1 aromatic carbocycles. The molecule has 1 N–H and O–H groups in total. The predicted molar refractivity (Wildman–Crippen MR) is 120 cm³/mol. The Labute approximate surface area is 180 Å². The molecule has 0 spiro atoms. The second-order valence-electron chi connectivity index (χ2n) is 8.81. The summed E-state index contributed by atoms with van der Waals surface area (Å²) in [6, 6.07) is 10.9. The largest absolute Gasteiger partial charge is 0.496 e. The zero-order valence-corrected chi connectivity index (χ0v) is 18.4. The average molecular weight is 410 g/mol. The number of ether oxygens (including phenoxy) is 1. The van der Waals surface area contributed by atoms with E-state index >= 15 is 0 Å². The molecule has 2 aromatic rings. The molecule has 1 aliphatic carbocycles. The molecule has 1 fully saturated rings.